The van der Waals surface area contributed by atoms with Crippen LogP contribution < -0.4 is 10.5 Å². The molecule has 0 aromatic heterocycles. The molecule has 0 aliphatic heterocycles. The normalized spacial score (nSPS) is 22.9. The monoisotopic (exact) mass is 300 g/mol. The number of amides is 1. The van der Waals surface area contributed by atoms with Crippen molar-refractivity contribution in [3.05, 3.63) is 29.6 Å². The Morgan fingerprint density at radius 2 is 2.10 bits per heavy atom. The Bertz CT molecular complexity index is 631. The third-order valence-corrected chi connectivity index (χ3v) is 5.26. The van der Waals surface area contributed by atoms with Gasteiger partial charge in [0.05, 0.1) is 10.8 Å². The Morgan fingerprint density at radius 3 is 2.75 bits per heavy atom. The third kappa shape index (κ3) is 2.99. The first-order valence-corrected chi connectivity index (χ1v) is 7.87. The number of benzene rings is 1. The standard InChI is InChI=1S/C13H17FN2O3S/c1-8-5-6-9(14)7-12(8)20(18,19)16-11-4-2-3-10(11)13(15)17/h5-7,10-11,16H,2-4H2,1H3,(H2,15,17)/t10-,11+/m0/s1. The first-order valence-electron chi connectivity index (χ1n) is 6.39. The maximum Gasteiger partial charge on any atom is 0.241 e. The van der Waals surface area contributed by atoms with E-state index in [4.69, 9.17) is 5.73 Å². The molecule has 1 aromatic carbocycles. The molecule has 7 heteroatoms. The highest BCUT2D eigenvalue weighted by atomic mass is 32.2. The molecule has 1 aromatic rings. The highest BCUT2D eigenvalue weighted by molar-refractivity contribution is 7.89. The van der Waals surface area contributed by atoms with E-state index < -0.39 is 33.7 Å². The quantitative estimate of drug-likeness (QED) is 0.871. The van der Waals surface area contributed by atoms with Crippen LogP contribution in [0.1, 0.15) is 24.8 Å². The highest BCUT2D eigenvalue weighted by Gasteiger charge is 2.35. The van der Waals surface area contributed by atoms with Gasteiger partial charge in [0.2, 0.25) is 15.9 Å². The number of sulfonamides is 1. The minimum atomic E-state index is -3.86. The van der Waals surface area contributed by atoms with Gasteiger partial charge < -0.3 is 5.73 Å². The number of primary amides is 1. The third-order valence-electron chi connectivity index (χ3n) is 3.63. The SMILES string of the molecule is Cc1ccc(F)cc1S(=O)(=O)N[C@@H]1CCC[C@@H]1C(N)=O. The van der Waals surface area contributed by atoms with Crippen molar-refractivity contribution in [2.75, 3.05) is 0 Å². The summed E-state index contributed by atoms with van der Waals surface area (Å²) in [6.07, 6.45) is 1.87. The molecule has 1 amide bonds. The van der Waals surface area contributed by atoms with Gasteiger partial charge in [0.15, 0.2) is 0 Å². The van der Waals surface area contributed by atoms with Gasteiger partial charge in [-0.25, -0.2) is 17.5 Å². The molecule has 0 saturated heterocycles. The summed E-state index contributed by atoms with van der Waals surface area (Å²) in [6, 6.07) is 3.08. The lowest BCUT2D eigenvalue weighted by Gasteiger charge is -2.19. The zero-order valence-corrected chi connectivity index (χ0v) is 11.9. The second kappa shape index (κ2) is 5.49. The van der Waals surface area contributed by atoms with Crippen molar-refractivity contribution in [2.45, 2.75) is 37.1 Å². The zero-order chi connectivity index (χ0) is 14.9. The largest absolute Gasteiger partial charge is 0.369 e. The van der Waals surface area contributed by atoms with Gasteiger partial charge in [-0.3, -0.25) is 4.79 Å². The van der Waals surface area contributed by atoms with Crippen LogP contribution in [0.25, 0.3) is 0 Å². The van der Waals surface area contributed by atoms with Crippen LogP contribution in [0, 0.1) is 18.7 Å². The van der Waals surface area contributed by atoms with Crippen LogP contribution in [0.15, 0.2) is 23.1 Å². The summed E-state index contributed by atoms with van der Waals surface area (Å²) >= 11 is 0. The van der Waals surface area contributed by atoms with Crippen LogP contribution in [-0.4, -0.2) is 20.4 Å². The Labute approximate surface area is 117 Å². The molecule has 2 atom stereocenters. The molecule has 1 aliphatic carbocycles. The minimum absolute atomic E-state index is 0.104. The van der Waals surface area contributed by atoms with Gasteiger partial charge in [-0.2, -0.15) is 0 Å². The van der Waals surface area contributed by atoms with Crippen LogP contribution >= 0.6 is 0 Å². The number of carbonyl (C=O) groups excluding carboxylic acids is 1. The molecule has 0 bridgehead atoms. The van der Waals surface area contributed by atoms with E-state index in [2.05, 4.69) is 4.72 Å². The van der Waals surface area contributed by atoms with Crippen molar-refractivity contribution in [3.8, 4) is 0 Å². The molecule has 1 fully saturated rings. The number of carbonyl (C=O) groups is 1. The number of nitrogens with one attached hydrogen (secondary N) is 1. The molecule has 0 radical (unpaired) electrons. The smallest absolute Gasteiger partial charge is 0.241 e. The Balaban J connectivity index is 2.27. The summed E-state index contributed by atoms with van der Waals surface area (Å²) < 4.78 is 40.3. The molecule has 110 valence electrons. The number of halogens is 1. The zero-order valence-electron chi connectivity index (χ0n) is 11.1. The first-order chi connectivity index (χ1) is 9.31. The topological polar surface area (TPSA) is 89.3 Å². The lowest BCUT2D eigenvalue weighted by atomic mass is 10.0. The summed E-state index contributed by atoms with van der Waals surface area (Å²) in [4.78, 5) is 11.2. The van der Waals surface area contributed by atoms with Gasteiger partial charge in [-0.15, -0.1) is 0 Å². The van der Waals surface area contributed by atoms with Crippen molar-refractivity contribution in [1.82, 2.24) is 4.72 Å². The average molecular weight is 300 g/mol. The molecule has 1 aliphatic rings. The van der Waals surface area contributed by atoms with Crippen molar-refractivity contribution in [3.63, 3.8) is 0 Å². The summed E-state index contributed by atoms with van der Waals surface area (Å²) in [6.45, 7) is 1.59. The Hall–Kier alpha value is -1.47. The van der Waals surface area contributed by atoms with E-state index in [9.17, 15) is 17.6 Å². The fourth-order valence-electron chi connectivity index (χ4n) is 2.57. The second-order valence-electron chi connectivity index (χ2n) is 5.08. The highest BCUT2D eigenvalue weighted by Crippen LogP contribution is 2.27. The predicted octanol–water partition coefficient (Wildman–Crippen LogP) is 1.07. The van der Waals surface area contributed by atoms with E-state index >= 15 is 0 Å². The fraction of sp³-hybridized carbons (Fsp3) is 0.462. The van der Waals surface area contributed by atoms with Crippen LogP contribution in [0.5, 0.6) is 0 Å². The summed E-state index contributed by atoms with van der Waals surface area (Å²) in [7, 11) is -3.86. The Kier molecular flexibility index (Phi) is 4.10. The van der Waals surface area contributed by atoms with Gasteiger partial charge in [0.25, 0.3) is 0 Å². The van der Waals surface area contributed by atoms with Crippen LogP contribution in [0.3, 0.4) is 0 Å². The molecule has 5 nitrogen and oxygen atoms in total. The van der Waals surface area contributed by atoms with Crippen molar-refractivity contribution in [2.24, 2.45) is 11.7 Å². The van der Waals surface area contributed by atoms with Gasteiger partial charge in [0, 0.05) is 6.04 Å². The maximum atomic E-state index is 13.2. The van der Waals surface area contributed by atoms with E-state index in [1.807, 2.05) is 0 Å². The number of hydrogen-bond donors (Lipinski definition) is 2. The van der Waals surface area contributed by atoms with Gasteiger partial charge in [-0.05, 0) is 37.5 Å². The van der Waals surface area contributed by atoms with E-state index in [1.54, 1.807) is 6.92 Å². The van der Waals surface area contributed by atoms with Gasteiger partial charge in [0.1, 0.15) is 5.82 Å². The fourth-order valence-corrected chi connectivity index (χ4v) is 4.14. The summed E-state index contributed by atoms with van der Waals surface area (Å²) in [5.74, 6) is -1.63. The lowest BCUT2D eigenvalue weighted by molar-refractivity contribution is -0.122. The predicted molar refractivity (Wildman–Crippen MR) is 71.8 cm³/mol. The van der Waals surface area contributed by atoms with Crippen molar-refractivity contribution < 1.29 is 17.6 Å². The Morgan fingerprint density at radius 1 is 1.40 bits per heavy atom. The number of aryl methyl sites for hydroxylation is 1. The van der Waals surface area contributed by atoms with Crippen molar-refractivity contribution in [1.29, 1.82) is 0 Å². The molecule has 3 N–H and O–H groups in total. The molecule has 2 rings (SSSR count). The van der Waals surface area contributed by atoms with Crippen LogP contribution in [0.4, 0.5) is 4.39 Å². The van der Waals surface area contributed by atoms with E-state index in [0.717, 1.165) is 12.5 Å². The molecule has 0 unspecified atom stereocenters. The van der Waals surface area contributed by atoms with Crippen LogP contribution in [0.2, 0.25) is 0 Å². The molecule has 20 heavy (non-hydrogen) atoms. The van der Waals surface area contributed by atoms with Crippen LogP contribution in [-0.2, 0) is 14.8 Å². The first kappa shape index (κ1) is 14.9. The molecular weight excluding hydrogens is 283 g/mol. The molecule has 1 saturated carbocycles. The second-order valence-corrected chi connectivity index (χ2v) is 6.76. The summed E-state index contributed by atoms with van der Waals surface area (Å²) in [5, 5.41) is 0. The minimum Gasteiger partial charge on any atom is -0.369 e. The van der Waals surface area contributed by atoms with Gasteiger partial charge >= 0.3 is 0 Å². The summed E-state index contributed by atoms with van der Waals surface area (Å²) in [5.41, 5.74) is 5.72. The number of hydrogen-bond acceptors (Lipinski definition) is 3. The lowest BCUT2D eigenvalue weighted by Crippen LogP contribution is -2.42. The maximum absolute atomic E-state index is 13.2. The molecule has 0 spiro atoms. The average Bonchev–Trinajstić information content (AvgIpc) is 2.79. The van der Waals surface area contributed by atoms with Crippen molar-refractivity contribution >= 4 is 15.9 Å². The molecular formula is C13H17FN2O3S. The molecule has 0 heterocycles. The van der Waals surface area contributed by atoms with E-state index in [-0.39, 0.29) is 4.90 Å². The number of rotatable bonds is 4. The van der Waals surface area contributed by atoms with Gasteiger partial charge in [-0.1, -0.05) is 12.5 Å². The van der Waals surface area contributed by atoms with E-state index in [0.29, 0.717) is 18.4 Å². The van der Waals surface area contributed by atoms with E-state index in [1.165, 1.54) is 12.1 Å². The number of nitrogens with two attached hydrogens (primary N) is 1.